The Morgan fingerprint density at radius 2 is 1.50 bits per heavy atom. The molecule has 3 heterocycles. The van der Waals surface area contributed by atoms with Crippen molar-refractivity contribution < 1.29 is 29.0 Å². The number of hydrogen-bond donors (Lipinski definition) is 1. The zero-order chi connectivity index (χ0) is 34.8. The van der Waals surface area contributed by atoms with Crippen LogP contribution in [0.25, 0.3) is 0 Å². The lowest BCUT2D eigenvalue weighted by molar-refractivity contribution is -0.146. The SMILES string of the molecule is C=CCN(C(=O)C1N(CCO)C(=O)[C@@H]2[C@@H](C(=O)N(CC=C)c3ccc(OCC)cc3)[C@]3(C)OC12CC3C)c1ccc(N(CC)CC)cc1. The van der Waals surface area contributed by atoms with Crippen LogP contribution in [0, 0.1) is 17.8 Å². The smallest absolute Gasteiger partial charge is 0.253 e. The molecule has 0 aliphatic carbocycles. The van der Waals surface area contributed by atoms with Crippen molar-refractivity contribution in [3.63, 3.8) is 0 Å². The summed E-state index contributed by atoms with van der Waals surface area (Å²) >= 11 is 0. The highest BCUT2D eigenvalue weighted by molar-refractivity contribution is 6.07. The minimum atomic E-state index is -1.25. The molecule has 0 saturated carbocycles. The molecule has 3 fully saturated rings. The quantitative estimate of drug-likeness (QED) is 0.278. The van der Waals surface area contributed by atoms with Crippen LogP contribution < -0.4 is 19.4 Å². The Kier molecular flexibility index (Phi) is 10.4. The van der Waals surface area contributed by atoms with E-state index in [9.17, 15) is 19.5 Å². The summed E-state index contributed by atoms with van der Waals surface area (Å²) in [6.07, 6.45) is 3.74. The fourth-order valence-corrected chi connectivity index (χ4v) is 8.28. The number of aliphatic hydroxyl groups excluding tert-OH is 1. The molecule has 3 unspecified atom stereocenters. The first kappa shape index (κ1) is 35.2. The van der Waals surface area contributed by atoms with E-state index in [4.69, 9.17) is 9.47 Å². The molecule has 5 rings (SSSR count). The average Bonchev–Trinajstić information content (AvgIpc) is 3.60. The number of carbonyl (C=O) groups is 3. The normalized spacial score (nSPS) is 27.0. The zero-order valence-corrected chi connectivity index (χ0v) is 28.9. The Labute approximate surface area is 284 Å². The summed E-state index contributed by atoms with van der Waals surface area (Å²) in [7, 11) is 0. The van der Waals surface area contributed by atoms with Crippen LogP contribution in [0.15, 0.2) is 73.8 Å². The predicted molar refractivity (Wildman–Crippen MR) is 188 cm³/mol. The van der Waals surface area contributed by atoms with E-state index in [1.165, 1.54) is 4.90 Å². The van der Waals surface area contributed by atoms with Crippen molar-refractivity contribution >= 4 is 34.8 Å². The first-order chi connectivity index (χ1) is 23.1. The second kappa shape index (κ2) is 14.1. The van der Waals surface area contributed by atoms with Gasteiger partial charge in [0, 0.05) is 49.8 Å². The summed E-state index contributed by atoms with van der Waals surface area (Å²) < 4.78 is 12.5. The van der Waals surface area contributed by atoms with Crippen LogP contribution in [0.4, 0.5) is 17.1 Å². The van der Waals surface area contributed by atoms with Gasteiger partial charge in [0.05, 0.1) is 30.7 Å². The summed E-state index contributed by atoms with van der Waals surface area (Å²) in [5.74, 6) is -2.15. The van der Waals surface area contributed by atoms with E-state index in [-0.39, 0.29) is 49.9 Å². The summed E-state index contributed by atoms with van der Waals surface area (Å²) in [6, 6.07) is 14.0. The molecular weight excluding hydrogens is 608 g/mol. The van der Waals surface area contributed by atoms with E-state index in [2.05, 4.69) is 31.9 Å². The Hall–Kier alpha value is -4.15. The maximum absolute atomic E-state index is 14.8. The van der Waals surface area contributed by atoms with Gasteiger partial charge in [0.15, 0.2) is 0 Å². The minimum Gasteiger partial charge on any atom is -0.494 e. The molecule has 2 aromatic carbocycles. The maximum Gasteiger partial charge on any atom is 0.253 e. The molecule has 10 nitrogen and oxygen atoms in total. The largest absolute Gasteiger partial charge is 0.494 e. The molecule has 0 aromatic heterocycles. The predicted octanol–water partition coefficient (Wildman–Crippen LogP) is 4.67. The third-order valence-corrected chi connectivity index (χ3v) is 10.6. The average molecular weight is 659 g/mol. The topological polar surface area (TPSA) is 103 Å². The van der Waals surface area contributed by atoms with E-state index in [1.54, 1.807) is 22.0 Å². The number of hydrogen-bond acceptors (Lipinski definition) is 7. The molecule has 2 bridgehead atoms. The lowest BCUT2D eigenvalue weighted by atomic mass is 9.62. The van der Waals surface area contributed by atoms with Gasteiger partial charge in [-0.3, -0.25) is 14.4 Å². The van der Waals surface area contributed by atoms with Crippen LogP contribution in [0.2, 0.25) is 0 Å². The fraction of sp³-hybridized carbons (Fsp3) is 0.500. The molecule has 3 aliphatic rings. The van der Waals surface area contributed by atoms with Gasteiger partial charge in [-0.15, -0.1) is 13.2 Å². The molecule has 3 amide bonds. The van der Waals surface area contributed by atoms with Crippen LogP contribution in [0.1, 0.15) is 41.0 Å². The Balaban J connectivity index is 1.55. The molecule has 6 atom stereocenters. The Morgan fingerprint density at radius 3 is 2.02 bits per heavy atom. The van der Waals surface area contributed by atoms with Crippen molar-refractivity contribution in [2.75, 3.05) is 60.6 Å². The molecule has 0 radical (unpaired) electrons. The van der Waals surface area contributed by atoms with E-state index < -0.39 is 29.1 Å². The Morgan fingerprint density at radius 1 is 0.958 bits per heavy atom. The summed E-state index contributed by atoms with van der Waals surface area (Å²) in [4.78, 5) is 51.0. The molecule has 258 valence electrons. The number of aliphatic hydroxyl groups is 1. The Bertz CT molecular complexity index is 1510. The van der Waals surface area contributed by atoms with Crippen LogP contribution in [-0.2, 0) is 19.1 Å². The van der Waals surface area contributed by atoms with Crippen LogP contribution >= 0.6 is 0 Å². The van der Waals surface area contributed by atoms with Crippen molar-refractivity contribution in [1.82, 2.24) is 4.90 Å². The molecule has 48 heavy (non-hydrogen) atoms. The molecular formula is C38H50N4O6. The molecule has 1 spiro atoms. The van der Waals surface area contributed by atoms with Gasteiger partial charge in [-0.05, 0) is 88.6 Å². The van der Waals surface area contributed by atoms with E-state index >= 15 is 0 Å². The van der Waals surface area contributed by atoms with Crippen molar-refractivity contribution in [1.29, 1.82) is 0 Å². The number of nitrogens with zero attached hydrogens (tertiary/aromatic N) is 4. The number of amides is 3. The van der Waals surface area contributed by atoms with Gasteiger partial charge in [-0.25, -0.2) is 0 Å². The first-order valence-corrected chi connectivity index (χ1v) is 17.1. The van der Waals surface area contributed by atoms with Crippen LogP contribution in [0.5, 0.6) is 5.75 Å². The highest BCUT2D eigenvalue weighted by atomic mass is 16.5. The molecule has 3 aliphatic heterocycles. The van der Waals surface area contributed by atoms with Crippen molar-refractivity contribution in [2.24, 2.45) is 17.8 Å². The first-order valence-electron chi connectivity index (χ1n) is 17.1. The van der Waals surface area contributed by atoms with E-state index in [0.29, 0.717) is 30.2 Å². The number of anilines is 3. The van der Waals surface area contributed by atoms with Gasteiger partial charge in [0.2, 0.25) is 11.8 Å². The van der Waals surface area contributed by atoms with Gasteiger partial charge >= 0.3 is 0 Å². The van der Waals surface area contributed by atoms with Gasteiger partial charge in [-0.2, -0.15) is 0 Å². The standard InChI is InChI=1S/C38H50N4O6/c1-8-21-40(29-17-19-30(20-18-29)47-12-5)34(44)31-32-35(45)42(23-24-43)33(38(32)25-26(6)37(31,7)48-38)36(46)41(22-9-2)28-15-13-27(14-16-28)39(10-3)11-4/h8-9,13-20,26,31-33,43H,1-2,10-12,21-25H2,3-7H3/t26?,31-,32-,33?,37+,38?/m0/s1. The lowest BCUT2D eigenvalue weighted by Gasteiger charge is -2.39. The number of rotatable bonds is 15. The number of fused-ring (bicyclic) bond motifs is 1. The second-order valence-electron chi connectivity index (χ2n) is 13.0. The summed E-state index contributed by atoms with van der Waals surface area (Å²) in [5.41, 5.74) is 0.104. The lowest BCUT2D eigenvalue weighted by Crippen LogP contribution is -2.57. The molecule has 1 N–H and O–H groups in total. The molecule has 2 aromatic rings. The van der Waals surface area contributed by atoms with E-state index in [1.807, 2.05) is 69.3 Å². The highest BCUT2D eigenvalue weighted by Crippen LogP contribution is 2.65. The minimum absolute atomic E-state index is 0.0546. The van der Waals surface area contributed by atoms with Crippen molar-refractivity contribution in [3.05, 3.63) is 73.8 Å². The van der Waals surface area contributed by atoms with E-state index in [0.717, 1.165) is 18.8 Å². The number of ether oxygens (including phenoxy) is 2. The second-order valence-corrected chi connectivity index (χ2v) is 13.0. The zero-order valence-electron chi connectivity index (χ0n) is 28.9. The van der Waals surface area contributed by atoms with Crippen LogP contribution in [-0.4, -0.2) is 90.9 Å². The maximum atomic E-state index is 14.8. The number of likely N-dealkylation sites (tertiary alicyclic amines) is 1. The number of carbonyl (C=O) groups excluding carboxylic acids is 3. The van der Waals surface area contributed by atoms with Gasteiger partial charge in [0.1, 0.15) is 17.4 Å². The number of β-amino-alcohol motifs (C(OH)–C–C–N with tert-alkyl or cyclic N) is 1. The van der Waals surface area contributed by atoms with Gasteiger partial charge in [-0.1, -0.05) is 19.1 Å². The third-order valence-electron chi connectivity index (χ3n) is 10.6. The summed E-state index contributed by atoms with van der Waals surface area (Å²) in [5, 5.41) is 10.1. The number of benzene rings is 2. The van der Waals surface area contributed by atoms with Gasteiger partial charge in [0.25, 0.3) is 5.91 Å². The molecule has 10 heteroatoms. The van der Waals surface area contributed by atoms with Crippen molar-refractivity contribution in [2.45, 2.75) is 58.3 Å². The molecule has 3 saturated heterocycles. The van der Waals surface area contributed by atoms with Crippen LogP contribution in [0.3, 0.4) is 0 Å². The summed E-state index contributed by atoms with van der Waals surface area (Å²) in [6.45, 7) is 20.1. The van der Waals surface area contributed by atoms with Gasteiger partial charge < -0.3 is 34.2 Å². The highest BCUT2D eigenvalue weighted by Gasteiger charge is 2.80. The third kappa shape index (κ3) is 5.68. The fourth-order valence-electron chi connectivity index (χ4n) is 8.28. The monoisotopic (exact) mass is 658 g/mol. The van der Waals surface area contributed by atoms with Crippen molar-refractivity contribution in [3.8, 4) is 5.75 Å².